The summed E-state index contributed by atoms with van der Waals surface area (Å²) in [5.41, 5.74) is 13.5. The van der Waals surface area contributed by atoms with Crippen molar-refractivity contribution < 1.29 is 9.53 Å². The molecule has 0 saturated heterocycles. The van der Waals surface area contributed by atoms with Crippen molar-refractivity contribution in [3.63, 3.8) is 0 Å². The molecule has 2 rings (SSSR count). The Morgan fingerprint density at radius 1 is 0.864 bits per heavy atom. The molecule has 0 atom stereocenters. The van der Waals surface area contributed by atoms with Crippen molar-refractivity contribution in [2.45, 2.75) is 20.0 Å². The summed E-state index contributed by atoms with van der Waals surface area (Å²) >= 11 is 0. The van der Waals surface area contributed by atoms with E-state index in [0.717, 1.165) is 5.75 Å². The van der Waals surface area contributed by atoms with Crippen LogP contribution in [0.4, 0.5) is 0 Å². The minimum Gasteiger partial charge on any atom is -0.488 e. The quantitative estimate of drug-likeness (QED) is 0.890. The Labute approximate surface area is 133 Å². The van der Waals surface area contributed by atoms with E-state index >= 15 is 0 Å². The fourth-order valence-electron chi connectivity index (χ4n) is 1.74. The second-order valence-electron chi connectivity index (χ2n) is 4.10. The maximum Gasteiger partial charge on any atom is 0.123 e. The fourth-order valence-corrected chi connectivity index (χ4v) is 1.74. The fraction of sp³-hybridized carbons (Fsp3) is 0.278. The normalized spacial score (nSPS) is 9.14. The van der Waals surface area contributed by atoms with Crippen molar-refractivity contribution in [3.05, 3.63) is 54.6 Å². The summed E-state index contributed by atoms with van der Waals surface area (Å²) in [5, 5.41) is 0. The maximum absolute atomic E-state index is 8.00. The lowest BCUT2D eigenvalue weighted by Crippen LogP contribution is -2.34. The van der Waals surface area contributed by atoms with Gasteiger partial charge < -0.3 is 21.0 Å². The Balaban J connectivity index is 0.00000102. The van der Waals surface area contributed by atoms with Crippen molar-refractivity contribution in [2.24, 2.45) is 11.5 Å². The molecule has 0 aliphatic heterocycles. The summed E-state index contributed by atoms with van der Waals surface area (Å²) < 4.78 is 5.65. The molecule has 4 heteroatoms. The van der Waals surface area contributed by atoms with Crippen LogP contribution in [0, 0.1) is 0 Å². The average Bonchev–Trinajstić information content (AvgIpc) is 2.64. The van der Waals surface area contributed by atoms with Gasteiger partial charge in [-0.2, -0.15) is 0 Å². The van der Waals surface area contributed by atoms with E-state index in [2.05, 4.69) is 12.1 Å². The van der Waals surface area contributed by atoms with Gasteiger partial charge in [-0.05, 0) is 23.3 Å². The molecule has 4 N–H and O–H groups in total. The highest BCUT2D eigenvalue weighted by Gasteiger charge is 2.05. The number of nitrogens with two attached hydrogens (primary N) is 2. The zero-order valence-electron chi connectivity index (χ0n) is 13.4. The number of rotatable bonds is 5. The van der Waals surface area contributed by atoms with E-state index in [1.807, 2.05) is 63.1 Å². The molecule has 0 bridgehead atoms. The van der Waals surface area contributed by atoms with Gasteiger partial charge in [-0.3, -0.25) is 0 Å². The third kappa shape index (κ3) is 6.52. The van der Waals surface area contributed by atoms with E-state index in [1.165, 1.54) is 11.1 Å². The summed E-state index contributed by atoms with van der Waals surface area (Å²) in [7, 11) is 0. The van der Waals surface area contributed by atoms with Crippen LogP contribution in [0.5, 0.6) is 5.75 Å². The van der Waals surface area contributed by atoms with Crippen LogP contribution in [0.2, 0.25) is 0 Å². The Morgan fingerprint density at radius 3 is 1.77 bits per heavy atom. The third-order valence-corrected chi connectivity index (χ3v) is 2.79. The average molecular weight is 302 g/mol. The molecule has 0 unspecified atom stereocenters. The molecule has 0 fully saturated rings. The number of carbonyl (C=O) groups excluding carboxylic acids is 1. The van der Waals surface area contributed by atoms with E-state index in [4.69, 9.17) is 21.0 Å². The highest BCUT2D eigenvalue weighted by Crippen LogP contribution is 2.22. The highest BCUT2D eigenvalue weighted by molar-refractivity contribution is 5.63. The largest absolute Gasteiger partial charge is 0.488 e. The van der Waals surface area contributed by atoms with Crippen LogP contribution in [0.3, 0.4) is 0 Å². The predicted molar refractivity (Wildman–Crippen MR) is 92.9 cm³/mol. The van der Waals surface area contributed by atoms with Crippen LogP contribution in [-0.2, 0) is 4.79 Å². The number of hydrogen-bond donors (Lipinski definition) is 2. The van der Waals surface area contributed by atoms with Gasteiger partial charge in [0.05, 0.1) is 0 Å². The lowest BCUT2D eigenvalue weighted by Gasteiger charge is -2.15. The Morgan fingerprint density at radius 2 is 1.32 bits per heavy atom. The Hall–Kier alpha value is -2.17. The van der Waals surface area contributed by atoms with E-state index in [9.17, 15) is 0 Å². The van der Waals surface area contributed by atoms with E-state index < -0.39 is 0 Å². The SMILES string of the molecule is C=O.CC.NCC(CN)Oc1ccc(-c2ccccc2)cc1. The van der Waals surface area contributed by atoms with Gasteiger partial charge in [0.15, 0.2) is 0 Å². The molecule has 2 aromatic rings. The molecule has 0 aromatic heterocycles. The molecule has 0 amide bonds. The molecule has 0 aliphatic carbocycles. The summed E-state index contributed by atoms with van der Waals surface area (Å²) in [5.74, 6) is 0.801. The van der Waals surface area contributed by atoms with Gasteiger partial charge >= 0.3 is 0 Å². The Kier molecular flexibility index (Phi) is 11.3. The summed E-state index contributed by atoms with van der Waals surface area (Å²) in [6.45, 7) is 6.86. The van der Waals surface area contributed by atoms with Gasteiger partial charge in [0, 0.05) is 13.1 Å². The predicted octanol–water partition coefficient (Wildman–Crippen LogP) is 2.86. The van der Waals surface area contributed by atoms with Gasteiger partial charge in [-0.1, -0.05) is 56.3 Å². The summed E-state index contributed by atoms with van der Waals surface area (Å²) in [6.07, 6.45) is -0.118. The summed E-state index contributed by atoms with van der Waals surface area (Å²) in [4.78, 5) is 8.00. The van der Waals surface area contributed by atoms with Crippen molar-refractivity contribution in [3.8, 4) is 16.9 Å². The number of hydrogen-bond acceptors (Lipinski definition) is 4. The van der Waals surface area contributed by atoms with Crippen LogP contribution in [0.25, 0.3) is 11.1 Å². The molecule has 0 radical (unpaired) electrons. The van der Waals surface area contributed by atoms with Crippen molar-refractivity contribution in [1.29, 1.82) is 0 Å². The first-order valence-corrected chi connectivity index (χ1v) is 7.34. The first kappa shape index (κ1) is 19.8. The minimum atomic E-state index is -0.118. The maximum atomic E-state index is 8.00. The van der Waals surface area contributed by atoms with E-state index in [-0.39, 0.29) is 6.10 Å². The van der Waals surface area contributed by atoms with Crippen LogP contribution < -0.4 is 16.2 Å². The summed E-state index contributed by atoms with van der Waals surface area (Å²) in [6, 6.07) is 18.2. The van der Waals surface area contributed by atoms with Crippen molar-refractivity contribution >= 4 is 6.79 Å². The van der Waals surface area contributed by atoms with Crippen LogP contribution in [0.1, 0.15) is 13.8 Å². The lowest BCUT2D eigenvalue weighted by atomic mass is 10.1. The molecular formula is C18H26N2O2. The number of benzene rings is 2. The van der Waals surface area contributed by atoms with E-state index in [0.29, 0.717) is 13.1 Å². The van der Waals surface area contributed by atoms with Gasteiger partial charge in [0.1, 0.15) is 18.6 Å². The lowest BCUT2D eigenvalue weighted by molar-refractivity contribution is -0.0979. The molecule has 2 aromatic carbocycles. The van der Waals surface area contributed by atoms with E-state index in [1.54, 1.807) is 0 Å². The molecule has 0 heterocycles. The molecule has 0 saturated carbocycles. The monoisotopic (exact) mass is 302 g/mol. The third-order valence-electron chi connectivity index (χ3n) is 2.79. The topological polar surface area (TPSA) is 78.3 Å². The molecule has 120 valence electrons. The molecule has 4 nitrogen and oxygen atoms in total. The number of carbonyl (C=O) groups is 1. The van der Waals surface area contributed by atoms with Crippen molar-refractivity contribution in [2.75, 3.05) is 13.1 Å². The van der Waals surface area contributed by atoms with Crippen LogP contribution in [0.15, 0.2) is 54.6 Å². The van der Waals surface area contributed by atoms with Gasteiger partial charge in [-0.25, -0.2) is 0 Å². The molecular weight excluding hydrogens is 276 g/mol. The minimum absolute atomic E-state index is 0.118. The second kappa shape index (κ2) is 12.6. The van der Waals surface area contributed by atoms with Gasteiger partial charge in [0.25, 0.3) is 0 Å². The van der Waals surface area contributed by atoms with Crippen molar-refractivity contribution in [1.82, 2.24) is 0 Å². The van der Waals surface area contributed by atoms with Crippen LogP contribution >= 0.6 is 0 Å². The van der Waals surface area contributed by atoms with Gasteiger partial charge in [-0.15, -0.1) is 0 Å². The standard InChI is InChI=1S/C15H18N2O.C2H6.CH2O/c16-10-15(11-17)18-14-8-6-13(7-9-14)12-4-2-1-3-5-12;2*1-2/h1-9,15H,10-11,16-17H2;1-2H3;1H2. The second-order valence-corrected chi connectivity index (χ2v) is 4.10. The zero-order valence-corrected chi connectivity index (χ0v) is 13.4. The first-order chi connectivity index (χ1) is 10.8. The first-order valence-electron chi connectivity index (χ1n) is 7.34. The van der Waals surface area contributed by atoms with Crippen LogP contribution in [-0.4, -0.2) is 26.0 Å². The highest BCUT2D eigenvalue weighted by atomic mass is 16.5. The number of ether oxygens (including phenoxy) is 1. The molecule has 22 heavy (non-hydrogen) atoms. The smallest absolute Gasteiger partial charge is 0.123 e. The molecule has 0 spiro atoms. The molecule has 0 aliphatic rings. The zero-order chi connectivity index (χ0) is 16.8. The van der Waals surface area contributed by atoms with Gasteiger partial charge in [0.2, 0.25) is 0 Å². The Bertz CT molecular complexity index is 482.